The van der Waals surface area contributed by atoms with Crippen LogP contribution in [0.3, 0.4) is 0 Å². The first-order chi connectivity index (χ1) is 13.6. The van der Waals surface area contributed by atoms with Gasteiger partial charge in [0, 0.05) is 23.1 Å². The van der Waals surface area contributed by atoms with Crippen LogP contribution in [0.25, 0.3) is 10.8 Å². The van der Waals surface area contributed by atoms with Crippen molar-refractivity contribution in [1.82, 2.24) is 10.2 Å². The lowest BCUT2D eigenvalue weighted by molar-refractivity contribution is 0.102. The van der Waals surface area contributed by atoms with Crippen molar-refractivity contribution < 1.29 is 9.18 Å². The van der Waals surface area contributed by atoms with Gasteiger partial charge in [-0.15, -0.1) is 0 Å². The highest BCUT2D eigenvalue weighted by Crippen LogP contribution is 2.18. The average Bonchev–Trinajstić information content (AvgIpc) is 2.72. The standard InChI is InChI=1S/C22H16FN3O2/c23-16-9-7-15(8-10-16)21(27)24-17-11-5-14(6-12-17)13-20-18-3-1-2-4-19(18)22(28)26-25-20/h1-12H,13H2,(H,24,27)(H,26,28). The number of rotatable bonds is 4. The van der Waals surface area contributed by atoms with Gasteiger partial charge in [0.05, 0.1) is 11.1 Å². The summed E-state index contributed by atoms with van der Waals surface area (Å²) in [4.78, 5) is 24.1. The van der Waals surface area contributed by atoms with E-state index >= 15 is 0 Å². The number of aromatic nitrogens is 2. The molecule has 0 atom stereocenters. The van der Waals surface area contributed by atoms with E-state index in [4.69, 9.17) is 0 Å². The number of H-pyrrole nitrogens is 1. The van der Waals surface area contributed by atoms with Crippen LogP contribution in [0.5, 0.6) is 0 Å². The molecule has 2 N–H and O–H groups in total. The maximum atomic E-state index is 13.0. The summed E-state index contributed by atoms with van der Waals surface area (Å²) in [6.45, 7) is 0. The molecule has 0 spiro atoms. The van der Waals surface area contributed by atoms with Crippen LogP contribution in [0.2, 0.25) is 0 Å². The first kappa shape index (κ1) is 17.6. The predicted octanol–water partition coefficient (Wildman–Crippen LogP) is 3.91. The third-order valence-electron chi connectivity index (χ3n) is 4.46. The topological polar surface area (TPSA) is 74.8 Å². The number of aromatic amines is 1. The van der Waals surface area contributed by atoms with Crippen LogP contribution in [-0.2, 0) is 6.42 Å². The van der Waals surface area contributed by atoms with Gasteiger partial charge < -0.3 is 5.32 Å². The van der Waals surface area contributed by atoms with Gasteiger partial charge in [0.25, 0.3) is 11.5 Å². The van der Waals surface area contributed by atoms with Gasteiger partial charge in [-0.3, -0.25) is 9.59 Å². The molecule has 0 bridgehead atoms. The van der Waals surface area contributed by atoms with E-state index in [1.165, 1.54) is 24.3 Å². The molecule has 0 saturated carbocycles. The van der Waals surface area contributed by atoms with Crippen molar-refractivity contribution >= 4 is 22.4 Å². The molecule has 1 heterocycles. The maximum Gasteiger partial charge on any atom is 0.272 e. The van der Waals surface area contributed by atoms with E-state index in [1.807, 2.05) is 30.3 Å². The van der Waals surface area contributed by atoms with Crippen LogP contribution in [0.1, 0.15) is 21.6 Å². The first-order valence-electron chi connectivity index (χ1n) is 8.72. The first-order valence-corrected chi connectivity index (χ1v) is 8.72. The average molecular weight is 373 g/mol. The number of carbonyl (C=O) groups is 1. The Morgan fingerprint density at radius 3 is 2.32 bits per heavy atom. The van der Waals surface area contributed by atoms with Gasteiger partial charge in [0.15, 0.2) is 0 Å². The molecule has 28 heavy (non-hydrogen) atoms. The van der Waals surface area contributed by atoms with Gasteiger partial charge in [-0.1, -0.05) is 30.3 Å². The predicted molar refractivity (Wildman–Crippen MR) is 106 cm³/mol. The lowest BCUT2D eigenvalue weighted by atomic mass is 10.0. The zero-order chi connectivity index (χ0) is 19.5. The minimum absolute atomic E-state index is 0.210. The molecule has 3 aromatic carbocycles. The Kier molecular flexibility index (Phi) is 4.68. The molecular weight excluding hydrogens is 357 g/mol. The number of benzene rings is 3. The highest BCUT2D eigenvalue weighted by Gasteiger charge is 2.08. The number of anilines is 1. The van der Waals surface area contributed by atoms with Crippen molar-refractivity contribution in [3.8, 4) is 0 Å². The van der Waals surface area contributed by atoms with Crippen molar-refractivity contribution in [2.75, 3.05) is 5.32 Å². The lowest BCUT2D eigenvalue weighted by Crippen LogP contribution is -2.12. The third kappa shape index (κ3) is 3.66. The zero-order valence-corrected chi connectivity index (χ0v) is 14.8. The summed E-state index contributed by atoms with van der Waals surface area (Å²) in [6.07, 6.45) is 0.545. The number of fused-ring (bicyclic) bond motifs is 1. The molecule has 0 aliphatic carbocycles. The molecular formula is C22H16FN3O2. The van der Waals surface area contributed by atoms with Gasteiger partial charge in [0.2, 0.25) is 0 Å². The maximum absolute atomic E-state index is 13.0. The molecule has 0 saturated heterocycles. The monoisotopic (exact) mass is 373 g/mol. The Hall–Kier alpha value is -3.80. The fraction of sp³-hybridized carbons (Fsp3) is 0.0455. The van der Waals surface area contributed by atoms with Crippen LogP contribution in [0.15, 0.2) is 77.6 Å². The second-order valence-electron chi connectivity index (χ2n) is 6.38. The molecule has 0 unspecified atom stereocenters. The van der Waals surface area contributed by atoms with Gasteiger partial charge in [-0.2, -0.15) is 5.10 Å². The molecule has 0 fully saturated rings. The van der Waals surface area contributed by atoms with E-state index in [2.05, 4.69) is 15.5 Å². The number of nitrogens with zero attached hydrogens (tertiary/aromatic N) is 1. The summed E-state index contributed by atoms with van der Waals surface area (Å²) >= 11 is 0. The van der Waals surface area contributed by atoms with Gasteiger partial charge in [0.1, 0.15) is 5.82 Å². The van der Waals surface area contributed by atoms with Crippen LogP contribution in [0.4, 0.5) is 10.1 Å². The zero-order valence-electron chi connectivity index (χ0n) is 14.8. The van der Waals surface area contributed by atoms with Crippen molar-refractivity contribution in [2.45, 2.75) is 6.42 Å². The minimum atomic E-state index is -0.385. The van der Waals surface area contributed by atoms with E-state index in [9.17, 15) is 14.0 Å². The summed E-state index contributed by atoms with van der Waals surface area (Å²) in [6, 6.07) is 20.1. The second-order valence-corrected chi connectivity index (χ2v) is 6.38. The van der Waals surface area contributed by atoms with E-state index in [-0.39, 0.29) is 17.3 Å². The SMILES string of the molecule is O=C(Nc1ccc(Cc2n[nH]c(=O)c3ccccc23)cc1)c1ccc(F)cc1. The number of carbonyl (C=O) groups excluding carboxylic acids is 1. The molecule has 6 heteroatoms. The molecule has 1 amide bonds. The number of amides is 1. The smallest absolute Gasteiger partial charge is 0.272 e. The molecule has 0 radical (unpaired) electrons. The highest BCUT2D eigenvalue weighted by atomic mass is 19.1. The largest absolute Gasteiger partial charge is 0.322 e. The van der Waals surface area contributed by atoms with Crippen molar-refractivity contribution in [3.05, 3.63) is 106 Å². The van der Waals surface area contributed by atoms with E-state index < -0.39 is 0 Å². The van der Waals surface area contributed by atoms with E-state index in [1.54, 1.807) is 18.2 Å². The Morgan fingerprint density at radius 1 is 0.929 bits per heavy atom. The van der Waals surface area contributed by atoms with Gasteiger partial charge in [-0.25, -0.2) is 9.49 Å². The molecule has 138 valence electrons. The lowest BCUT2D eigenvalue weighted by Gasteiger charge is -2.08. The second kappa shape index (κ2) is 7.44. The molecule has 0 aliphatic rings. The number of halogens is 1. The Morgan fingerprint density at radius 2 is 1.61 bits per heavy atom. The number of hydrogen-bond donors (Lipinski definition) is 2. The number of hydrogen-bond acceptors (Lipinski definition) is 3. The fourth-order valence-corrected chi connectivity index (χ4v) is 3.01. The van der Waals surface area contributed by atoms with Crippen molar-refractivity contribution in [2.24, 2.45) is 0 Å². The summed E-state index contributed by atoms with van der Waals surface area (Å²) < 4.78 is 13.0. The molecule has 1 aromatic heterocycles. The molecule has 4 rings (SSSR count). The summed E-state index contributed by atoms with van der Waals surface area (Å²) in [5.41, 5.74) is 2.58. The Balaban J connectivity index is 1.51. The normalized spacial score (nSPS) is 10.8. The summed E-state index contributed by atoms with van der Waals surface area (Å²) in [5.74, 6) is -0.690. The Labute approximate surface area is 159 Å². The van der Waals surface area contributed by atoms with Crippen molar-refractivity contribution in [1.29, 1.82) is 0 Å². The van der Waals surface area contributed by atoms with Crippen LogP contribution < -0.4 is 10.9 Å². The minimum Gasteiger partial charge on any atom is -0.322 e. The van der Waals surface area contributed by atoms with E-state index in [0.29, 0.717) is 23.1 Å². The van der Waals surface area contributed by atoms with Crippen molar-refractivity contribution in [3.63, 3.8) is 0 Å². The molecule has 4 aromatic rings. The van der Waals surface area contributed by atoms with Gasteiger partial charge in [-0.05, 0) is 48.0 Å². The molecule has 5 nitrogen and oxygen atoms in total. The number of nitrogens with one attached hydrogen (secondary N) is 2. The van der Waals surface area contributed by atoms with Crippen LogP contribution in [0, 0.1) is 5.82 Å². The summed E-state index contributed by atoms with van der Waals surface area (Å²) in [7, 11) is 0. The van der Waals surface area contributed by atoms with Gasteiger partial charge >= 0.3 is 0 Å². The van der Waals surface area contributed by atoms with Crippen LogP contribution in [-0.4, -0.2) is 16.1 Å². The summed E-state index contributed by atoms with van der Waals surface area (Å²) in [5, 5.41) is 10.9. The highest BCUT2D eigenvalue weighted by molar-refractivity contribution is 6.04. The van der Waals surface area contributed by atoms with Crippen LogP contribution >= 0.6 is 0 Å². The fourth-order valence-electron chi connectivity index (χ4n) is 3.01. The molecule has 0 aliphatic heterocycles. The Bertz CT molecular complexity index is 1200. The third-order valence-corrected chi connectivity index (χ3v) is 4.46. The quantitative estimate of drug-likeness (QED) is 0.570. The van der Waals surface area contributed by atoms with E-state index in [0.717, 1.165) is 16.6 Å².